The van der Waals surface area contributed by atoms with Crippen molar-refractivity contribution in [3.8, 4) is 0 Å². The van der Waals surface area contributed by atoms with E-state index in [1.807, 2.05) is 0 Å². The van der Waals surface area contributed by atoms with Crippen molar-refractivity contribution in [2.75, 3.05) is 25.5 Å². The van der Waals surface area contributed by atoms with Gasteiger partial charge in [-0.2, -0.15) is 0 Å². The van der Waals surface area contributed by atoms with Crippen LogP contribution in [0, 0.1) is 0 Å². The van der Waals surface area contributed by atoms with E-state index in [9.17, 15) is 4.79 Å². The highest BCUT2D eigenvalue weighted by atomic mass is 35.5. The summed E-state index contributed by atoms with van der Waals surface area (Å²) in [7, 11) is 2.11. The molecule has 0 saturated carbocycles. The van der Waals surface area contributed by atoms with Crippen LogP contribution in [0.5, 0.6) is 0 Å². The van der Waals surface area contributed by atoms with Crippen molar-refractivity contribution in [3.05, 3.63) is 28.8 Å². The fourth-order valence-corrected chi connectivity index (χ4v) is 2.11. The predicted molar refractivity (Wildman–Crippen MR) is 83.9 cm³/mol. The number of carboxylic acids is 1. The SMILES string of the molecule is CC(C)N(C)CCCCNc1cccc(Cl)c1C(=O)O. The molecule has 0 aliphatic carbocycles. The van der Waals surface area contributed by atoms with Gasteiger partial charge >= 0.3 is 5.97 Å². The van der Waals surface area contributed by atoms with E-state index in [-0.39, 0.29) is 10.6 Å². The summed E-state index contributed by atoms with van der Waals surface area (Å²) in [6.07, 6.45) is 2.06. The van der Waals surface area contributed by atoms with E-state index in [0.29, 0.717) is 11.7 Å². The standard InChI is InChI=1S/C15H23ClN2O2/c1-11(2)18(3)10-5-4-9-17-13-8-6-7-12(16)14(13)15(19)20/h6-8,11,17H,4-5,9-10H2,1-3H3,(H,19,20). The molecule has 0 saturated heterocycles. The van der Waals surface area contributed by atoms with Crippen molar-refractivity contribution in [2.24, 2.45) is 0 Å². The fraction of sp³-hybridized carbons (Fsp3) is 0.533. The number of nitrogens with one attached hydrogen (secondary N) is 1. The van der Waals surface area contributed by atoms with Gasteiger partial charge in [-0.25, -0.2) is 4.79 Å². The first kappa shape index (κ1) is 16.8. The van der Waals surface area contributed by atoms with Crippen LogP contribution in [-0.2, 0) is 0 Å². The van der Waals surface area contributed by atoms with Crippen molar-refractivity contribution in [3.63, 3.8) is 0 Å². The quantitative estimate of drug-likeness (QED) is 0.720. The molecule has 0 unspecified atom stereocenters. The van der Waals surface area contributed by atoms with Gasteiger partial charge in [0.05, 0.1) is 10.7 Å². The van der Waals surface area contributed by atoms with Gasteiger partial charge in [0.2, 0.25) is 0 Å². The Morgan fingerprint density at radius 2 is 2.10 bits per heavy atom. The molecular formula is C15H23ClN2O2. The Morgan fingerprint density at radius 3 is 2.70 bits per heavy atom. The molecule has 0 aromatic heterocycles. The lowest BCUT2D eigenvalue weighted by Gasteiger charge is -2.20. The van der Waals surface area contributed by atoms with Gasteiger partial charge in [-0.1, -0.05) is 17.7 Å². The van der Waals surface area contributed by atoms with Gasteiger partial charge in [0.15, 0.2) is 0 Å². The Balaban J connectivity index is 2.43. The molecule has 112 valence electrons. The largest absolute Gasteiger partial charge is 0.478 e. The summed E-state index contributed by atoms with van der Waals surface area (Å²) in [4.78, 5) is 13.5. The zero-order valence-electron chi connectivity index (χ0n) is 12.3. The minimum absolute atomic E-state index is 0.147. The Labute approximate surface area is 125 Å². The second-order valence-electron chi connectivity index (χ2n) is 5.18. The number of hydrogen-bond acceptors (Lipinski definition) is 3. The Morgan fingerprint density at radius 1 is 1.40 bits per heavy atom. The number of nitrogens with zero attached hydrogens (tertiary/aromatic N) is 1. The Kier molecular flexibility index (Phi) is 6.82. The number of benzene rings is 1. The monoisotopic (exact) mass is 298 g/mol. The average Bonchev–Trinajstić information content (AvgIpc) is 2.37. The van der Waals surface area contributed by atoms with E-state index >= 15 is 0 Å². The number of hydrogen-bond donors (Lipinski definition) is 2. The number of anilines is 1. The summed E-state index contributed by atoms with van der Waals surface area (Å²) in [5.41, 5.74) is 0.732. The molecule has 0 heterocycles. The molecule has 5 heteroatoms. The Hall–Kier alpha value is -1.26. The van der Waals surface area contributed by atoms with E-state index in [2.05, 4.69) is 31.1 Å². The zero-order chi connectivity index (χ0) is 15.1. The highest BCUT2D eigenvalue weighted by Gasteiger charge is 2.13. The molecule has 20 heavy (non-hydrogen) atoms. The maximum absolute atomic E-state index is 11.2. The summed E-state index contributed by atoms with van der Waals surface area (Å²) >= 11 is 5.91. The van der Waals surface area contributed by atoms with Gasteiger partial charge in [-0.05, 0) is 52.4 Å². The van der Waals surface area contributed by atoms with Crippen LogP contribution >= 0.6 is 11.6 Å². The van der Waals surface area contributed by atoms with Crippen LogP contribution in [0.2, 0.25) is 5.02 Å². The number of aromatic carboxylic acids is 1. The molecule has 0 aliphatic rings. The molecular weight excluding hydrogens is 276 g/mol. The molecule has 4 nitrogen and oxygen atoms in total. The second kappa shape index (κ2) is 8.12. The molecule has 2 N–H and O–H groups in total. The minimum Gasteiger partial charge on any atom is -0.478 e. The third-order valence-electron chi connectivity index (χ3n) is 3.36. The maximum Gasteiger partial charge on any atom is 0.339 e. The van der Waals surface area contributed by atoms with Crippen LogP contribution in [0.3, 0.4) is 0 Å². The van der Waals surface area contributed by atoms with Crippen LogP contribution in [0.15, 0.2) is 18.2 Å². The molecule has 0 bridgehead atoms. The summed E-state index contributed by atoms with van der Waals surface area (Å²) in [6.45, 7) is 6.12. The van der Waals surface area contributed by atoms with Crippen molar-refractivity contribution < 1.29 is 9.90 Å². The van der Waals surface area contributed by atoms with Crippen LogP contribution < -0.4 is 5.32 Å². The van der Waals surface area contributed by atoms with Gasteiger partial charge in [0, 0.05) is 12.6 Å². The fourth-order valence-electron chi connectivity index (χ4n) is 1.86. The molecule has 0 spiro atoms. The van der Waals surface area contributed by atoms with E-state index in [1.165, 1.54) is 0 Å². The first-order chi connectivity index (χ1) is 9.43. The third kappa shape index (κ3) is 5.02. The molecule has 0 radical (unpaired) electrons. The van der Waals surface area contributed by atoms with E-state index < -0.39 is 5.97 Å². The highest BCUT2D eigenvalue weighted by Crippen LogP contribution is 2.24. The van der Waals surface area contributed by atoms with E-state index in [4.69, 9.17) is 16.7 Å². The second-order valence-corrected chi connectivity index (χ2v) is 5.58. The number of halogens is 1. The summed E-state index contributed by atoms with van der Waals surface area (Å²) in [6, 6.07) is 5.64. The minimum atomic E-state index is -1.00. The first-order valence-corrected chi connectivity index (χ1v) is 7.27. The number of carboxylic acid groups (broad SMARTS) is 1. The normalized spacial score (nSPS) is 11.1. The molecule has 0 atom stereocenters. The zero-order valence-corrected chi connectivity index (χ0v) is 13.1. The van der Waals surface area contributed by atoms with Gasteiger partial charge in [0.25, 0.3) is 0 Å². The van der Waals surface area contributed by atoms with Crippen molar-refractivity contribution in [2.45, 2.75) is 32.7 Å². The van der Waals surface area contributed by atoms with Gasteiger partial charge in [-0.15, -0.1) is 0 Å². The highest BCUT2D eigenvalue weighted by molar-refractivity contribution is 6.34. The smallest absolute Gasteiger partial charge is 0.339 e. The summed E-state index contributed by atoms with van der Waals surface area (Å²) < 4.78 is 0. The average molecular weight is 299 g/mol. The van der Waals surface area contributed by atoms with Crippen LogP contribution in [0.4, 0.5) is 5.69 Å². The van der Waals surface area contributed by atoms with E-state index in [1.54, 1.807) is 18.2 Å². The molecule has 0 amide bonds. The summed E-state index contributed by atoms with van der Waals surface area (Å²) in [5.74, 6) is -1.00. The van der Waals surface area contributed by atoms with Crippen molar-refractivity contribution >= 4 is 23.3 Å². The van der Waals surface area contributed by atoms with E-state index in [0.717, 1.165) is 25.9 Å². The maximum atomic E-state index is 11.2. The first-order valence-electron chi connectivity index (χ1n) is 6.89. The molecule has 1 aromatic carbocycles. The van der Waals surface area contributed by atoms with Gasteiger partial charge < -0.3 is 15.3 Å². The predicted octanol–water partition coefficient (Wildman–Crippen LogP) is 3.57. The third-order valence-corrected chi connectivity index (χ3v) is 3.68. The van der Waals surface area contributed by atoms with Crippen LogP contribution in [0.1, 0.15) is 37.0 Å². The molecule has 1 aromatic rings. The molecule has 0 aliphatic heterocycles. The topological polar surface area (TPSA) is 52.6 Å². The summed E-state index contributed by atoms with van der Waals surface area (Å²) in [5, 5.41) is 12.6. The lowest BCUT2D eigenvalue weighted by Crippen LogP contribution is -2.27. The lowest BCUT2D eigenvalue weighted by molar-refractivity contribution is 0.0698. The van der Waals surface area contributed by atoms with Crippen LogP contribution in [0.25, 0.3) is 0 Å². The number of unbranched alkanes of at least 4 members (excludes halogenated alkanes) is 1. The van der Waals surface area contributed by atoms with Gasteiger partial charge in [-0.3, -0.25) is 0 Å². The molecule has 1 rings (SSSR count). The van der Waals surface area contributed by atoms with Crippen molar-refractivity contribution in [1.29, 1.82) is 0 Å². The number of rotatable bonds is 8. The Bertz CT molecular complexity index is 449. The number of carbonyl (C=O) groups is 1. The lowest BCUT2D eigenvalue weighted by atomic mass is 10.1. The van der Waals surface area contributed by atoms with Gasteiger partial charge in [0.1, 0.15) is 5.56 Å². The van der Waals surface area contributed by atoms with Crippen molar-refractivity contribution in [1.82, 2.24) is 4.90 Å². The van der Waals surface area contributed by atoms with Crippen LogP contribution in [-0.4, -0.2) is 42.2 Å². The molecule has 0 fully saturated rings.